The lowest BCUT2D eigenvalue weighted by Crippen LogP contribution is -2.18. The molecule has 1 amide bonds. The van der Waals surface area contributed by atoms with Gasteiger partial charge >= 0.3 is 0 Å². The highest BCUT2D eigenvalue weighted by Gasteiger charge is 2.10. The lowest BCUT2D eigenvalue weighted by Gasteiger charge is -2.04. The topological polar surface area (TPSA) is 79.4 Å². The van der Waals surface area contributed by atoms with E-state index < -0.39 is 0 Å². The summed E-state index contributed by atoms with van der Waals surface area (Å²) < 4.78 is 5.21. The monoisotopic (exact) mass is 362 g/mol. The first-order chi connectivity index (χ1) is 13.1. The first kappa shape index (κ1) is 18.4. The van der Waals surface area contributed by atoms with E-state index in [2.05, 4.69) is 46.7 Å². The fourth-order valence-electron chi connectivity index (χ4n) is 2.56. The van der Waals surface area contributed by atoms with Crippen molar-refractivity contribution in [1.82, 2.24) is 15.6 Å². The van der Waals surface area contributed by atoms with Gasteiger partial charge in [-0.2, -0.15) is 10.2 Å². The van der Waals surface area contributed by atoms with Gasteiger partial charge in [0.1, 0.15) is 11.4 Å². The molecule has 6 heteroatoms. The third-order valence-corrected chi connectivity index (χ3v) is 4.17. The molecule has 1 heterocycles. The van der Waals surface area contributed by atoms with E-state index in [9.17, 15) is 4.79 Å². The van der Waals surface area contributed by atoms with Gasteiger partial charge in [-0.3, -0.25) is 9.89 Å². The maximum absolute atomic E-state index is 12.2. The Bertz CT molecular complexity index is 943. The van der Waals surface area contributed by atoms with E-state index >= 15 is 0 Å². The Kier molecular flexibility index (Phi) is 5.66. The molecule has 0 aliphatic carbocycles. The van der Waals surface area contributed by atoms with Crippen LogP contribution in [0.25, 0.3) is 11.3 Å². The van der Waals surface area contributed by atoms with E-state index in [1.165, 1.54) is 5.56 Å². The van der Waals surface area contributed by atoms with Gasteiger partial charge in [0.15, 0.2) is 0 Å². The van der Waals surface area contributed by atoms with E-state index in [-0.39, 0.29) is 5.91 Å². The fraction of sp³-hybridized carbons (Fsp3) is 0.190. The molecule has 3 aromatic rings. The minimum atomic E-state index is -0.355. The third-order valence-electron chi connectivity index (χ3n) is 4.17. The molecule has 1 aromatic heterocycles. The number of aromatic nitrogens is 2. The largest absolute Gasteiger partial charge is 0.497 e. The minimum absolute atomic E-state index is 0.333. The molecule has 0 bridgehead atoms. The minimum Gasteiger partial charge on any atom is -0.497 e. The number of amides is 1. The second-order valence-corrected chi connectivity index (χ2v) is 6.42. The van der Waals surface area contributed by atoms with Crippen molar-refractivity contribution in [1.29, 1.82) is 0 Å². The number of carbonyl (C=O) groups excluding carboxylic acids is 1. The molecule has 6 nitrogen and oxygen atoms in total. The predicted octanol–water partition coefficient (Wildman–Crippen LogP) is 3.97. The summed E-state index contributed by atoms with van der Waals surface area (Å²) in [4.78, 5) is 12.2. The van der Waals surface area contributed by atoms with Crippen molar-refractivity contribution in [2.45, 2.75) is 19.8 Å². The van der Waals surface area contributed by atoms with Gasteiger partial charge in [-0.15, -0.1) is 0 Å². The highest BCUT2D eigenvalue weighted by molar-refractivity contribution is 5.94. The van der Waals surface area contributed by atoms with Gasteiger partial charge in [0.25, 0.3) is 5.91 Å². The summed E-state index contributed by atoms with van der Waals surface area (Å²) in [6.45, 7) is 4.29. The number of hydrogen-bond acceptors (Lipinski definition) is 4. The van der Waals surface area contributed by atoms with Crippen molar-refractivity contribution in [2.24, 2.45) is 5.10 Å². The van der Waals surface area contributed by atoms with Crippen molar-refractivity contribution >= 4 is 12.1 Å². The smallest absolute Gasteiger partial charge is 0.289 e. The number of ether oxygens (including phenoxy) is 1. The van der Waals surface area contributed by atoms with Crippen LogP contribution >= 0.6 is 0 Å². The van der Waals surface area contributed by atoms with Crippen molar-refractivity contribution in [3.8, 4) is 17.0 Å². The number of rotatable bonds is 6. The zero-order valence-corrected chi connectivity index (χ0v) is 15.6. The van der Waals surface area contributed by atoms with Crippen LogP contribution in [0.2, 0.25) is 0 Å². The number of hydrogen-bond donors (Lipinski definition) is 2. The summed E-state index contributed by atoms with van der Waals surface area (Å²) in [5.41, 5.74) is 6.54. The van der Waals surface area contributed by atoms with E-state index in [1.54, 1.807) is 19.4 Å². The Morgan fingerprint density at radius 1 is 1.19 bits per heavy atom. The standard InChI is InChI=1S/C21H22N4O2/c1-14(2)16-9-7-15(8-10-16)13-22-25-21(26)20-12-19(23-24-20)17-5-4-6-18(11-17)27-3/h4-14H,1-3H3,(H,23,24)(H,25,26)/b22-13-. The number of methoxy groups -OCH3 is 1. The van der Waals surface area contributed by atoms with Gasteiger partial charge in [0, 0.05) is 5.56 Å². The molecule has 2 aromatic carbocycles. The average Bonchev–Trinajstić information content (AvgIpc) is 3.19. The van der Waals surface area contributed by atoms with Gasteiger partial charge in [-0.1, -0.05) is 50.2 Å². The number of nitrogens with one attached hydrogen (secondary N) is 2. The molecular formula is C21H22N4O2. The van der Waals surface area contributed by atoms with E-state index in [4.69, 9.17) is 4.74 Å². The van der Waals surface area contributed by atoms with Crippen LogP contribution in [0.1, 0.15) is 41.4 Å². The third kappa shape index (κ3) is 4.61. The highest BCUT2D eigenvalue weighted by Crippen LogP contribution is 2.22. The molecule has 0 spiro atoms. The summed E-state index contributed by atoms with van der Waals surface area (Å²) in [5.74, 6) is 0.858. The molecule has 0 atom stereocenters. The summed E-state index contributed by atoms with van der Waals surface area (Å²) >= 11 is 0. The molecular weight excluding hydrogens is 340 g/mol. The number of hydrazone groups is 1. The number of H-pyrrole nitrogens is 1. The summed E-state index contributed by atoms with van der Waals surface area (Å²) in [5, 5.41) is 10.9. The van der Waals surface area contributed by atoms with Crippen LogP contribution in [0, 0.1) is 0 Å². The molecule has 0 fully saturated rings. The Morgan fingerprint density at radius 2 is 1.96 bits per heavy atom. The fourth-order valence-corrected chi connectivity index (χ4v) is 2.56. The molecule has 0 aliphatic rings. The SMILES string of the molecule is COc1cccc(-c2cc(C(=O)N/N=C\c3ccc(C(C)C)cc3)[nH]n2)c1. The number of aromatic amines is 1. The first-order valence-corrected chi connectivity index (χ1v) is 8.70. The molecule has 27 heavy (non-hydrogen) atoms. The van der Waals surface area contributed by atoms with Gasteiger partial charge in [-0.05, 0) is 35.2 Å². The van der Waals surface area contributed by atoms with Gasteiger partial charge in [0.05, 0.1) is 19.0 Å². The number of nitrogens with zero attached hydrogens (tertiary/aromatic N) is 2. The average molecular weight is 362 g/mol. The van der Waals surface area contributed by atoms with Crippen LogP contribution < -0.4 is 10.2 Å². The summed E-state index contributed by atoms with van der Waals surface area (Å²) in [6.07, 6.45) is 1.61. The second-order valence-electron chi connectivity index (χ2n) is 6.42. The molecule has 138 valence electrons. The Morgan fingerprint density at radius 3 is 2.67 bits per heavy atom. The first-order valence-electron chi connectivity index (χ1n) is 8.70. The zero-order chi connectivity index (χ0) is 19.2. The zero-order valence-electron chi connectivity index (χ0n) is 15.6. The van der Waals surface area contributed by atoms with Crippen LogP contribution in [0.4, 0.5) is 0 Å². The van der Waals surface area contributed by atoms with Crippen LogP contribution in [-0.4, -0.2) is 29.4 Å². The normalized spacial score (nSPS) is 11.1. The van der Waals surface area contributed by atoms with E-state index in [0.29, 0.717) is 17.3 Å². The summed E-state index contributed by atoms with van der Waals surface area (Å²) in [6, 6.07) is 17.2. The molecule has 0 saturated heterocycles. The molecule has 0 unspecified atom stereocenters. The molecule has 2 N–H and O–H groups in total. The quantitative estimate of drug-likeness (QED) is 0.514. The van der Waals surface area contributed by atoms with Crippen LogP contribution in [-0.2, 0) is 0 Å². The summed E-state index contributed by atoms with van der Waals surface area (Å²) in [7, 11) is 1.61. The molecule has 3 rings (SSSR count). The van der Waals surface area contributed by atoms with E-state index in [1.807, 2.05) is 36.4 Å². The number of benzene rings is 2. The molecule has 0 radical (unpaired) electrons. The molecule has 0 aliphatic heterocycles. The van der Waals surface area contributed by atoms with Crippen molar-refractivity contribution in [2.75, 3.05) is 7.11 Å². The van der Waals surface area contributed by atoms with Gasteiger partial charge in [-0.25, -0.2) is 5.43 Å². The Hall–Kier alpha value is -3.41. The second kappa shape index (κ2) is 8.31. The lowest BCUT2D eigenvalue weighted by molar-refractivity contribution is 0.0950. The van der Waals surface area contributed by atoms with Crippen LogP contribution in [0.5, 0.6) is 5.75 Å². The van der Waals surface area contributed by atoms with Crippen molar-refractivity contribution in [3.63, 3.8) is 0 Å². The van der Waals surface area contributed by atoms with E-state index in [0.717, 1.165) is 16.9 Å². The molecule has 0 saturated carbocycles. The maximum Gasteiger partial charge on any atom is 0.289 e. The van der Waals surface area contributed by atoms with Crippen molar-refractivity contribution < 1.29 is 9.53 Å². The van der Waals surface area contributed by atoms with Crippen LogP contribution in [0.3, 0.4) is 0 Å². The van der Waals surface area contributed by atoms with Gasteiger partial charge in [0.2, 0.25) is 0 Å². The highest BCUT2D eigenvalue weighted by atomic mass is 16.5. The Balaban J connectivity index is 1.64. The lowest BCUT2D eigenvalue weighted by atomic mass is 10.0. The van der Waals surface area contributed by atoms with Crippen molar-refractivity contribution in [3.05, 3.63) is 71.4 Å². The van der Waals surface area contributed by atoms with Crippen LogP contribution in [0.15, 0.2) is 59.7 Å². The van der Waals surface area contributed by atoms with Gasteiger partial charge < -0.3 is 4.74 Å². The number of carbonyl (C=O) groups is 1. The maximum atomic E-state index is 12.2. The Labute approximate surface area is 158 Å². The predicted molar refractivity (Wildman–Crippen MR) is 106 cm³/mol.